The Kier molecular flexibility index (Phi) is 4.87. The Labute approximate surface area is 165 Å². The second-order valence-electron chi connectivity index (χ2n) is 8.45. The third-order valence-electron chi connectivity index (χ3n) is 5.10. The molecule has 0 saturated carbocycles. The lowest BCUT2D eigenvalue weighted by Crippen LogP contribution is -2.24. The highest BCUT2D eigenvalue weighted by Crippen LogP contribution is 2.27. The molecule has 8 nitrogen and oxygen atoms in total. The molecule has 0 fully saturated rings. The van der Waals surface area contributed by atoms with Crippen molar-refractivity contribution in [3.63, 3.8) is 0 Å². The Morgan fingerprint density at radius 2 is 1.93 bits per heavy atom. The fourth-order valence-electron chi connectivity index (χ4n) is 3.42. The quantitative estimate of drug-likeness (QED) is 0.747. The summed E-state index contributed by atoms with van der Waals surface area (Å²) in [5.41, 5.74) is 3.13. The van der Waals surface area contributed by atoms with Gasteiger partial charge in [-0.25, -0.2) is 0 Å². The largest absolute Gasteiger partial charge is 0.377 e. The Bertz CT molecular complexity index is 963. The standard InChI is InChI=1S/C20H28N8/c1-14-9-10-15(19-24-23-18-8-6-5-7-11-27(18)19)12-16(14)21-13-17-22-26-28(25-17)20(2,3)4/h9-10,12,21H,5-8,11,13H2,1-4H3. The number of hydrogen-bond acceptors (Lipinski definition) is 6. The van der Waals surface area contributed by atoms with Gasteiger partial charge in [0.05, 0.1) is 12.1 Å². The van der Waals surface area contributed by atoms with Crippen LogP contribution in [-0.2, 0) is 25.0 Å². The Morgan fingerprint density at radius 1 is 1.07 bits per heavy atom. The van der Waals surface area contributed by atoms with E-state index >= 15 is 0 Å². The molecule has 0 radical (unpaired) electrons. The van der Waals surface area contributed by atoms with E-state index in [2.05, 4.69) is 81.4 Å². The van der Waals surface area contributed by atoms with Crippen molar-refractivity contribution in [3.05, 3.63) is 35.4 Å². The molecule has 0 amide bonds. The van der Waals surface area contributed by atoms with Crippen LogP contribution in [0.1, 0.15) is 57.2 Å². The fraction of sp³-hybridized carbons (Fsp3) is 0.550. The highest BCUT2D eigenvalue weighted by molar-refractivity contribution is 5.65. The Hall–Kier alpha value is -2.77. The molecule has 4 rings (SSSR count). The highest BCUT2D eigenvalue weighted by Gasteiger charge is 2.18. The van der Waals surface area contributed by atoms with Crippen molar-refractivity contribution in [1.82, 2.24) is 35.0 Å². The van der Waals surface area contributed by atoms with Crippen molar-refractivity contribution in [2.75, 3.05) is 5.32 Å². The number of benzene rings is 1. The summed E-state index contributed by atoms with van der Waals surface area (Å²) in [4.78, 5) is 1.65. The summed E-state index contributed by atoms with van der Waals surface area (Å²) in [6.45, 7) is 9.78. The van der Waals surface area contributed by atoms with Crippen LogP contribution in [0.4, 0.5) is 5.69 Å². The minimum atomic E-state index is -0.174. The van der Waals surface area contributed by atoms with Crippen molar-refractivity contribution >= 4 is 5.69 Å². The number of aryl methyl sites for hydroxylation is 2. The first-order valence-corrected chi connectivity index (χ1v) is 9.98. The second kappa shape index (κ2) is 7.33. The molecule has 1 aliphatic rings. The molecule has 2 aromatic heterocycles. The number of rotatable bonds is 4. The van der Waals surface area contributed by atoms with Gasteiger partial charge in [-0.3, -0.25) is 0 Å². The van der Waals surface area contributed by atoms with Crippen LogP contribution in [0.25, 0.3) is 11.4 Å². The van der Waals surface area contributed by atoms with Crippen LogP contribution in [-0.4, -0.2) is 35.0 Å². The number of hydrogen-bond donors (Lipinski definition) is 1. The van der Waals surface area contributed by atoms with Gasteiger partial charge in [0.1, 0.15) is 5.82 Å². The molecule has 0 spiro atoms. The SMILES string of the molecule is Cc1ccc(-c2nnc3n2CCCCC3)cc1NCc1nnn(C(C)(C)C)n1. The molecule has 1 aromatic carbocycles. The highest BCUT2D eigenvalue weighted by atomic mass is 15.6. The average Bonchev–Trinajstić information content (AvgIpc) is 3.23. The normalized spacial score (nSPS) is 14.6. The predicted octanol–water partition coefficient (Wildman–Crippen LogP) is 3.33. The van der Waals surface area contributed by atoms with E-state index in [1.54, 1.807) is 4.80 Å². The van der Waals surface area contributed by atoms with Gasteiger partial charge in [-0.15, -0.1) is 20.4 Å². The molecular weight excluding hydrogens is 352 g/mol. The number of nitrogens with zero attached hydrogens (tertiary/aromatic N) is 7. The van der Waals surface area contributed by atoms with E-state index in [9.17, 15) is 0 Å². The summed E-state index contributed by atoms with van der Waals surface area (Å²) in [5.74, 6) is 2.73. The molecule has 0 unspecified atom stereocenters. The zero-order valence-corrected chi connectivity index (χ0v) is 17.1. The first kappa shape index (κ1) is 18.6. The third kappa shape index (κ3) is 3.76. The number of nitrogens with one attached hydrogen (secondary N) is 1. The average molecular weight is 381 g/mol. The van der Waals surface area contributed by atoms with Gasteiger partial charge in [0.25, 0.3) is 0 Å². The van der Waals surface area contributed by atoms with Crippen LogP contribution in [0.15, 0.2) is 18.2 Å². The van der Waals surface area contributed by atoms with Crippen molar-refractivity contribution in [2.45, 2.75) is 72.0 Å². The topological polar surface area (TPSA) is 86.3 Å². The van der Waals surface area contributed by atoms with E-state index < -0.39 is 0 Å². The zero-order valence-electron chi connectivity index (χ0n) is 17.1. The molecule has 3 heterocycles. The number of anilines is 1. The minimum Gasteiger partial charge on any atom is -0.377 e. The van der Waals surface area contributed by atoms with Gasteiger partial charge in [-0.2, -0.15) is 4.80 Å². The van der Waals surface area contributed by atoms with Gasteiger partial charge in [0, 0.05) is 24.2 Å². The van der Waals surface area contributed by atoms with Gasteiger partial charge in [-0.1, -0.05) is 18.6 Å². The van der Waals surface area contributed by atoms with Gasteiger partial charge in [-0.05, 0) is 57.4 Å². The van der Waals surface area contributed by atoms with Gasteiger partial charge < -0.3 is 9.88 Å². The van der Waals surface area contributed by atoms with Crippen LogP contribution >= 0.6 is 0 Å². The van der Waals surface area contributed by atoms with Gasteiger partial charge >= 0.3 is 0 Å². The van der Waals surface area contributed by atoms with Crippen molar-refractivity contribution in [1.29, 1.82) is 0 Å². The van der Waals surface area contributed by atoms with Crippen molar-refractivity contribution in [2.24, 2.45) is 0 Å². The van der Waals surface area contributed by atoms with Crippen LogP contribution < -0.4 is 5.32 Å². The maximum atomic E-state index is 4.48. The lowest BCUT2D eigenvalue weighted by molar-refractivity contribution is 0.305. The van der Waals surface area contributed by atoms with Crippen LogP contribution in [0.5, 0.6) is 0 Å². The van der Waals surface area contributed by atoms with Gasteiger partial charge in [0.15, 0.2) is 11.6 Å². The summed E-state index contributed by atoms with van der Waals surface area (Å²) in [6.07, 6.45) is 4.65. The third-order valence-corrected chi connectivity index (χ3v) is 5.10. The molecule has 0 aliphatic carbocycles. The number of aromatic nitrogens is 7. The summed E-state index contributed by atoms with van der Waals surface area (Å²) in [6, 6.07) is 6.39. The van der Waals surface area contributed by atoms with Crippen LogP contribution in [0.2, 0.25) is 0 Å². The van der Waals surface area contributed by atoms with Crippen LogP contribution in [0.3, 0.4) is 0 Å². The zero-order chi connectivity index (χ0) is 19.7. The first-order valence-electron chi connectivity index (χ1n) is 9.98. The van der Waals surface area contributed by atoms with Crippen molar-refractivity contribution < 1.29 is 0 Å². The summed E-state index contributed by atoms with van der Waals surface area (Å²) >= 11 is 0. The lowest BCUT2D eigenvalue weighted by Gasteiger charge is -2.15. The molecule has 0 saturated heterocycles. The van der Waals surface area contributed by atoms with E-state index in [1.807, 2.05) is 0 Å². The van der Waals surface area contributed by atoms with E-state index in [-0.39, 0.29) is 5.54 Å². The molecule has 8 heteroatoms. The predicted molar refractivity (Wildman–Crippen MR) is 108 cm³/mol. The Morgan fingerprint density at radius 3 is 2.71 bits per heavy atom. The first-order chi connectivity index (χ1) is 13.4. The van der Waals surface area contributed by atoms with E-state index in [1.165, 1.54) is 24.8 Å². The van der Waals surface area contributed by atoms with E-state index in [0.717, 1.165) is 35.9 Å². The Balaban J connectivity index is 1.55. The maximum absolute atomic E-state index is 4.48. The van der Waals surface area contributed by atoms with E-state index in [0.29, 0.717) is 12.4 Å². The lowest BCUT2D eigenvalue weighted by atomic mass is 10.1. The number of tetrazole rings is 1. The van der Waals surface area contributed by atoms with Crippen molar-refractivity contribution in [3.8, 4) is 11.4 Å². The second-order valence-corrected chi connectivity index (χ2v) is 8.45. The molecule has 148 valence electrons. The van der Waals surface area contributed by atoms with Gasteiger partial charge in [0.2, 0.25) is 0 Å². The fourth-order valence-corrected chi connectivity index (χ4v) is 3.42. The summed E-state index contributed by atoms with van der Waals surface area (Å²) in [5, 5.41) is 25.1. The summed E-state index contributed by atoms with van der Waals surface area (Å²) < 4.78 is 2.28. The smallest absolute Gasteiger partial charge is 0.193 e. The molecule has 28 heavy (non-hydrogen) atoms. The molecule has 1 N–H and O–H groups in total. The molecule has 1 aliphatic heterocycles. The molecule has 3 aromatic rings. The molecular formula is C20H28N8. The maximum Gasteiger partial charge on any atom is 0.193 e. The minimum absolute atomic E-state index is 0.174. The molecule has 0 bridgehead atoms. The van der Waals surface area contributed by atoms with Crippen LogP contribution in [0, 0.1) is 6.92 Å². The monoisotopic (exact) mass is 380 g/mol. The van der Waals surface area contributed by atoms with E-state index in [4.69, 9.17) is 0 Å². The summed E-state index contributed by atoms with van der Waals surface area (Å²) in [7, 11) is 0. The number of fused-ring (bicyclic) bond motifs is 1. The molecule has 0 atom stereocenters.